The first-order valence-corrected chi connectivity index (χ1v) is 12.4. The number of rotatable bonds is 7. The van der Waals surface area contributed by atoms with E-state index < -0.39 is 11.9 Å². The molecule has 1 atom stereocenters. The van der Waals surface area contributed by atoms with Gasteiger partial charge in [-0.05, 0) is 67.4 Å². The molecule has 0 aliphatic carbocycles. The maximum Gasteiger partial charge on any atom is 0.291 e. The number of hydrogen-bond acceptors (Lipinski definition) is 5. The molecular formula is C28H23BrFNO5. The minimum Gasteiger partial charge on any atom is -0.490 e. The van der Waals surface area contributed by atoms with Crippen LogP contribution in [0.25, 0.3) is 11.0 Å². The fourth-order valence-corrected chi connectivity index (χ4v) is 4.89. The Balaban J connectivity index is 1.71. The van der Waals surface area contributed by atoms with E-state index in [1.807, 2.05) is 19.9 Å². The van der Waals surface area contributed by atoms with Gasteiger partial charge in [-0.15, -0.1) is 0 Å². The molecule has 3 aromatic carbocycles. The van der Waals surface area contributed by atoms with Crippen molar-refractivity contribution in [3.63, 3.8) is 0 Å². The Labute approximate surface area is 215 Å². The van der Waals surface area contributed by atoms with E-state index >= 15 is 0 Å². The monoisotopic (exact) mass is 551 g/mol. The Morgan fingerprint density at radius 3 is 2.39 bits per heavy atom. The van der Waals surface area contributed by atoms with Crippen molar-refractivity contribution in [3.05, 3.63) is 104 Å². The van der Waals surface area contributed by atoms with E-state index in [2.05, 4.69) is 15.9 Å². The number of amides is 1. The molecule has 0 saturated heterocycles. The highest BCUT2D eigenvalue weighted by atomic mass is 79.9. The van der Waals surface area contributed by atoms with E-state index in [0.29, 0.717) is 41.2 Å². The molecule has 2 heterocycles. The summed E-state index contributed by atoms with van der Waals surface area (Å²) in [6, 6.07) is 15.7. The molecule has 1 aliphatic heterocycles. The van der Waals surface area contributed by atoms with Gasteiger partial charge in [0.1, 0.15) is 11.4 Å². The average molecular weight is 552 g/mol. The lowest BCUT2D eigenvalue weighted by Crippen LogP contribution is -2.29. The standard InChI is InChI=1S/C28H23BrFNO5/c1-3-34-22-11-7-17(13-23(22)35-4-2)25-24-26(32)20-14-18(29)8-12-21(20)36-27(24)28(33)31(25)15-16-5-9-19(30)10-6-16/h5-14,25H,3-4,15H2,1-2H3. The van der Waals surface area contributed by atoms with Crippen molar-refractivity contribution in [2.24, 2.45) is 0 Å². The molecule has 0 radical (unpaired) electrons. The molecule has 1 amide bonds. The van der Waals surface area contributed by atoms with E-state index in [1.165, 1.54) is 12.1 Å². The number of benzene rings is 3. The number of carbonyl (C=O) groups excluding carboxylic acids is 1. The molecule has 0 spiro atoms. The first kappa shape index (κ1) is 24.1. The Hall–Kier alpha value is -3.65. The van der Waals surface area contributed by atoms with Gasteiger partial charge < -0.3 is 18.8 Å². The van der Waals surface area contributed by atoms with Gasteiger partial charge in [0.25, 0.3) is 5.91 Å². The lowest BCUT2D eigenvalue weighted by Gasteiger charge is -2.26. The van der Waals surface area contributed by atoms with Crippen molar-refractivity contribution >= 4 is 32.8 Å². The summed E-state index contributed by atoms with van der Waals surface area (Å²) < 4.78 is 31.8. The van der Waals surface area contributed by atoms with E-state index in [0.717, 1.165) is 10.0 Å². The maximum atomic E-state index is 13.8. The minimum absolute atomic E-state index is 0.00813. The molecule has 6 nitrogen and oxygen atoms in total. The predicted octanol–water partition coefficient (Wildman–Crippen LogP) is 6.24. The second kappa shape index (κ2) is 9.78. The van der Waals surface area contributed by atoms with Crippen LogP contribution >= 0.6 is 15.9 Å². The molecular weight excluding hydrogens is 529 g/mol. The quantitative estimate of drug-likeness (QED) is 0.272. The van der Waals surface area contributed by atoms with Gasteiger partial charge in [-0.2, -0.15) is 0 Å². The Kier molecular flexibility index (Phi) is 6.53. The Bertz CT molecular complexity index is 1520. The summed E-state index contributed by atoms with van der Waals surface area (Å²) >= 11 is 3.41. The zero-order valence-electron chi connectivity index (χ0n) is 19.7. The molecule has 8 heteroatoms. The van der Waals surface area contributed by atoms with E-state index in [9.17, 15) is 14.0 Å². The van der Waals surface area contributed by atoms with E-state index in [4.69, 9.17) is 13.9 Å². The van der Waals surface area contributed by atoms with E-state index in [1.54, 1.807) is 47.4 Å². The molecule has 5 rings (SSSR count). The number of nitrogens with zero attached hydrogens (tertiary/aromatic N) is 1. The lowest BCUT2D eigenvalue weighted by molar-refractivity contribution is 0.0714. The molecule has 0 fully saturated rings. The van der Waals surface area contributed by atoms with Crippen LogP contribution in [0.4, 0.5) is 4.39 Å². The number of halogens is 2. The maximum absolute atomic E-state index is 13.8. The van der Waals surface area contributed by atoms with Gasteiger partial charge in [0.15, 0.2) is 16.9 Å². The van der Waals surface area contributed by atoms with Crippen molar-refractivity contribution in [3.8, 4) is 11.5 Å². The number of ether oxygens (including phenoxy) is 2. The van der Waals surface area contributed by atoms with Gasteiger partial charge in [-0.25, -0.2) is 4.39 Å². The Morgan fingerprint density at radius 2 is 1.67 bits per heavy atom. The molecule has 1 unspecified atom stereocenters. The van der Waals surface area contributed by atoms with Crippen LogP contribution < -0.4 is 14.9 Å². The predicted molar refractivity (Wildman–Crippen MR) is 137 cm³/mol. The summed E-state index contributed by atoms with van der Waals surface area (Å²) in [6.07, 6.45) is 0. The van der Waals surface area contributed by atoms with Crippen molar-refractivity contribution < 1.29 is 23.1 Å². The van der Waals surface area contributed by atoms with Crippen LogP contribution in [-0.2, 0) is 6.54 Å². The zero-order valence-corrected chi connectivity index (χ0v) is 21.3. The van der Waals surface area contributed by atoms with Crippen LogP contribution in [0.5, 0.6) is 11.5 Å². The first-order chi connectivity index (χ1) is 17.4. The smallest absolute Gasteiger partial charge is 0.291 e. The van der Waals surface area contributed by atoms with Gasteiger partial charge >= 0.3 is 0 Å². The van der Waals surface area contributed by atoms with Crippen LogP contribution in [0, 0.1) is 5.82 Å². The molecule has 184 valence electrons. The van der Waals surface area contributed by atoms with Crippen LogP contribution in [0.15, 0.2) is 74.3 Å². The third-order valence-corrected chi connectivity index (χ3v) is 6.57. The van der Waals surface area contributed by atoms with Crippen molar-refractivity contribution in [2.75, 3.05) is 13.2 Å². The summed E-state index contributed by atoms with van der Waals surface area (Å²) in [5, 5.41) is 0.375. The highest BCUT2D eigenvalue weighted by Gasteiger charge is 2.43. The molecule has 4 aromatic rings. The average Bonchev–Trinajstić information content (AvgIpc) is 3.14. The van der Waals surface area contributed by atoms with Crippen LogP contribution in [-0.4, -0.2) is 24.0 Å². The van der Waals surface area contributed by atoms with Crippen LogP contribution in [0.3, 0.4) is 0 Å². The van der Waals surface area contributed by atoms with Gasteiger partial charge in [0.2, 0.25) is 5.76 Å². The molecule has 0 saturated carbocycles. The fourth-order valence-electron chi connectivity index (χ4n) is 4.53. The van der Waals surface area contributed by atoms with Gasteiger partial charge in [-0.1, -0.05) is 34.1 Å². The summed E-state index contributed by atoms with van der Waals surface area (Å²) in [7, 11) is 0. The minimum atomic E-state index is -0.730. The summed E-state index contributed by atoms with van der Waals surface area (Å²) in [5.41, 5.74) is 1.72. The van der Waals surface area contributed by atoms with Gasteiger partial charge in [-0.3, -0.25) is 9.59 Å². The van der Waals surface area contributed by atoms with Crippen molar-refractivity contribution in [2.45, 2.75) is 26.4 Å². The fraction of sp³-hybridized carbons (Fsp3) is 0.214. The zero-order chi connectivity index (χ0) is 25.4. The molecule has 1 aliphatic rings. The molecule has 1 aromatic heterocycles. The first-order valence-electron chi connectivity index (χ1n) is 11.6. The van der Waals surface area contributed by atoms with Gasteiger partial charge in [0, 0.05) is 11.0 Å². The number of carbonyl (C=O) groups is 1. The molecule has 0 bridgehead atoms. The van der Waals surface area contributed by atoms with Crippen LogP contribution in [0.2, 0.25) is 0 Å². The van der Waals surface area contributed by atoms with Crippen LogP contribution in [0.1, 0.15) is 47.1 Å². The number of hydrogen-bond donors (Lipinski definition) is 0. The highest BCUT2D eigenvalue weighted by Crippen LogP contribution is 2.42. The van der Waals surface area contributed by atoms with Gasteiger partial charge in [0.05, 0.1) is 30.2 Å². The third kappa shape index (κ3) is 4.26. The molecule has 0 N–H and O–H groups in total. The third-order valence-electron chi connectivity index (χ3n) is 6.08. The molecule has 36 heavy (non-hydrogen) atoms. The summed E-state index contributed by atoms with van der Waals surface area (Å²) in [5.74, 6) is 0.328. The summed E-state index contributed by atoms with van der Waals surface area (Å²) in [4.78, 5) is 29.0. The Morgan fingerprint density at radius 1 is 0.944 bits per heavy atom. The largest absolute Gasteiger partial charge is 0.490 e. The second-order valence-electron chi connectivity index (χ2n) is 8.35. The topological polar surface area (TPSA) is 69.0 Å². The normalized spacial score (nSPS) is 14.8. The lowest BCUT2D eigenvalue weighted by atomic mass is 9.97. The summed E-state index contributed by atoms with van der Waals surface area (Å²) in [6.45, 7) is 4.80. The second-order valence-corrected chi connectivity index (χ2v) is 9.26. The van der Waals surface area contributed by atoms with E-state index in [-0.39, 0.29) is 29.1 Å². The SMILES string of the molecule is CCOc1ccc(C2c3c(oc4ccc(Br)cc4c3=O)C(=O)N2Cc2ccc(F)cc2)cc1OCC. The van der Waals surface area contributed by atoms with Crippen molar-refractivity contribution in [1.82, 2.24) is 4.90 Å². The van der Waals surface area contributed by atoms with Crippen molar-refractivity contribution in [1.29, 1.82) is 0 Å². The highest BCUT2D eigenvalue weighted by molar-refractivity contribution is 9.10. The number of fused-ring (bicyclic) bond motifs is 2.